The fourth-order valence-corrected chi connectivity index (χ4v) is 2.61. The van der Waals surface area contributed by atoms with E-state index in [1.165, 1.54) is 12.8 Å². The monoisotopic (exact) mass is 256 g/mol. The number of aromatic nitrogens is 2. The Morgan fingerprint density at radius 3 is 2.47 bits per heavy atom. The number of benzene rings is 1. The summed E-state index contributed by atoms with van der Waals surface area (Å²) < 4.78 is 2.12. The summed E-state index contributed by atoms with van der Waals surface area (Å²) in [5.74, 6) is 0. The van der Waals surface area contributed by atoms with Crippen molar-refractivity contribution in [1.82, 2.24) is 14.7 Å². The summed E-state index contributed by atoms with van der Waals surface area (Å²) in [5.41, 5.74) is 8.65. The Morgan fingerprint density at radius 2 is 1.79 bits per heavy atom. The molecule has 3 rings (SSSR count). The van der Waals surface area contributed by atoms with E-state index in [0.717, 1.165) is 30.0 Å². The van der Waals surface area contributed by atoms with Gasteiger partial charge < -0.3 is 10.6 Å². The summed E-state index contributed by atoms with van der Waals surface area (Å²) in [6, 6.07) is 10.5. The molecule has 1 aliphatic heterocycles. The van der Waals surface area contributed by atoms with Gasteiger partial charge in [-0.25, -0.2) is 0 Å². The molecule has 1 saturated heterocycles. The lowest BCUT2D eigenvalue weighted by atomic mass is 10.1. The molecule has 2 aromatic rings. The summed E-state index contributed by atoms with van der Waals surface area (Å²) in [6.45, 7) is 2.31. The first-order valence-electron chi connectivity index (χ1n) is 6.82. The second-order valence-corrected chi connectivity index (χ2v) is 5.34. The Labute approximate surface area is 113 Å². The minimum Gasteiger partial charge on any atom is -0.399 e. The van der Waals surface area contributed by atoms with Gasteiger partial charge in [0, 0.05) is 17.4 Å². The third-order valence-electron chi connectivity index (χ3n) is 3.88. The molecule has 0 atom stereocenters. The van der Waals surface area contributed by atoms with Crippen LogP contribution in [0.4, 0.5) is 5.69 Å². The maximum absolute atomic E-state index is 5.71. The van der Waals surface area contributed by atoms with Crippen molar-refractivity contribution in [1.29, 1.82) is 0 Å². The minimum absolute atomic E-state index is 0.540. The van der Waals surface area contributed by atoms with E-state index < -0.39 is 0 Å². The van der Waals surface area contributed by atoms with Gasteiger partial charge in [-0.05, 0) is 51.2 Å². The molecule has 4 nitrogen and oxygen atoms in total. The number of nitrogens with two attached hydrogens (primary N) is 1. The molecule has 19 heavy (non-hydrogen) atoms. The highest BCUT2D eigenvalue weighted by Gasteiger charge is 2.18. The highest BCUT2D eigenvalue weighted by molar-refractivity contribution is 5.61. The van der Waals surface area contributed by atoms with Gasteiger partial charge in [0.15, 0.2) is 0 Å². The van der Waals surface area contributed by atoms with Crippen LogP contribution in [0.2, 0.25) is 0 Å². The SMILES string of the molecule is CN1CCC(n2ccc(-c3ccc(N)cc3)n2)CC1. The Bertz CT molecular complexity index is 536. The largest absolute Gasteiger partial charge is 0.399 e. The lowest BCUT2D eigenvalue weighted by Gasteiger charge is -2.29. The predicted molar refractivity (Wildman–Crippen MR) is 77.8 cm³/mol. The van der Waals surface area contributed by atoms with Crippen LogP contribution in [-0.2, 0) is 0 Å². The molecule has 1 aromatic carbocycles. The van der Waals surface area contributed by atoms with E-state index in [0.29, 0.717) is 6.04 Å². The van der Waals surface area contributed by atoms with Crippen molar-refractivity contribution in [3.8, 4) is 11.3 Å². The van der Waals surface area contributed by atoms with Crippen LogP contribution in [0.5, 0.6) is 0 Å². The summed E-state index contributed by atoms with van der Waals surface area (Å²) in [6.07, 6.45) is 4.46. The first kappa shape index (κ1) is 12.2. The fourth-order valence-electron chi connectivity index (χ4n) is 2.61. The van der Waals surface area contributed by atoms with Crippen molar-refractivity contribution in [2.75, 3.05) is 25.9 Å². The maximum Gasteiger partial charge on any atom is 0.0923 e. The molecular formula is C15H20N4. The van der Waals surface area contributed by atoms with E-state index >= 15 is 0 Å². The van der Waals surface area contributed by atoms with E-state index in [1.54, 1.807) is 0 Å². The normalized spacial score (nSPS) is 17.7. The zero-order valence-electron chi connectivity index (χ0n) is 11.3. The summed E-state index contributed by atoms with van der Waals surface area (Å²) in [5, 5.41) is 4.72. The molecule has 4 heteroatoms. The van der Waals surface area contributed by atoms with Crippen molar-refractivity contribution in [3.05, 3.63) is 36.5 Å². The zero-order chi connectivity index (χ0) is 13.2. The molecule has 1 aromatic heterocycles. The molecule has 0 saturated carbocycles. The van der Waals surface area contributed by atoms with Crippen molar-refractivity contribution >= 4 is 5.69 Å². The van der Waals surface area contributed by atoms with Gasteiger partial charge in [-0.3, -0.25) is 4.68 Å². The van der Waals surface area contributed by atoms with Gasteiger partial charge in [-0.2, -0.15) is 5.10 Å². The summed E-state index contributed by atoms with van der Waals surface area (Å²) in [7, 11) is 2.18. The predicted octanol–water partition coefficient (Wildman–Crippen LogP) is 2.40. The van der Waals surface area contributed by atoms with E-state index in [1.807, 2.05) is 24.3 Å². The van der Waals surface area contributed by atoms with Gasteiger partial charge in [0.05, 0.1) is 11.7 Å². The highest BCUT2D eigenvalue weighted by atomic mass is 15.3. The van der Waals surface area contributed by atoms with E-state index in [2.05, 4.69) is 28.9 Å². The molecular weight excluding hydrogens is 236 g/mol. The zero-order valence-corrected chi connectivity index (χ0v) is 11.3. The fraction of sp³-hybridized carbons (Fsp3) is 0.400. The van der Waals surface area contributed by atoms with E-state index in [4.69, 9.17) is 10.8 Å². The molecule has 0 bridgehead atoms. The van der Waals surface area contributed by atoms with Crippen LogP contribution in [-0.4, -0.2) is 34.8 Å². The first-order chi connectivity index (χ1) is 9.22. The molecule has 0 spiro atoms. The second kappa shape index (κ2) is 5.05. The summed E-state index contributed by atoms with van der Waals surface area (Å²) in [4.78, 5) is 2.38. The van der Waals surface area contributed by atoms with Crippen molar-refractivity contribution in [2.24, 2.45) is 0 Å². The average Bonchev–Trinajstić information content (AvgIpc) is 2.90. The average molecular weight is 256 g/mol. The number of hydrogen-bond donors (Lipinski definition) is 1. The topological polar surface area (TPSA) is 47.1 Å². The van der Waals surface area contributed by atoms with Crippen LogP contribution in [0.1, 0.15) is 18.9 Å². The standard InChI is InChI=1S/C15H20N4/c1-18-9-6-14(7-10-18)19-11-8-15(17-19)12-2-4-13(16)5-3-12/h2-5,8,11,14H,6-7,9-10,16H2,1H3. The Hall–Kier alpha value is -1.81. The van der Waals surface area contributed by atoms with Gasteiger partial charge >= 0.3 is 0 Å². The minimum atomic E-state index is 0.540. The van der Waals surface area contributed by atoms with Crippen LogP contribution < -0.4 is 5.73 Å². The van der Waals surface area contributed by atoms with Crippen LogP contribution in [0.15, 0.2) is 36.5 Å². The number of anilines is 1. The van der Waals surface area contributed by atoms with Crippen molar-refractivity contribution in [3.63, 3.8) is 0 Å². The maximum atomic E-state index is 5.71. The summed E-state index contributed by atoms with van der Waals surface area (Å²) >= 11 is 0. The van der Waals surface area contributed by atoms with Gasteiger partial charge in [-0.15, -0.1) is 0 Å². The van der Waals surface area contributed by atoms with Gasteiger partial charge in [-0.1, -0.05) is 12.1 Å². The smallest absolute Gasteiger partial charge is 0.0923 e. The molecule has 100 valence electrons. The quantitative estimate of drug-likeness (QED) is 0.839. The number of nitrogens with zero attached hydrogens (tertiary/aromatic N) is 3. The van der Waals surface area contributed by atoms with Crippen molar-refractivity contribution in [2.45, 2.75) is 18.9 Å². The molecule has 0 unspecified atom stereocenters. The third-order valence-corrected chi connectivity index (χ3v) is 3.88. The molecule has 1 fully saturated rings. The van der Waals surface area contributed by atoms with Crippen LogP contribution in [0.25, 0.3) is 11.3 Å². The van der Waals surface area contributed by atoms with Gasteiger partial charge in [0.25, 0.3) is 0 Å². The van der Waals surface area contributed by atoms with E-state index in [9.17, 15) is 0 Å². The number of hydrogen-bond acceptors (Lipinski definition) is 3. The van der Waals surface area contributed by atoms with Crippen molar-refractivity contribution < 1.29 is 0 Å². The molecule has 0 aliphatic carbocycles. The Balaban J connectivity index is 1.77. The van der Waals surface area contributed by atoms with Gasteiger partial charge in [0.2, 0.25) is 0 Å². The Morgan fingerprint density at radius 1 is 1.11 bits per heavy atom. The van der Waals surface area contributed by atoms with Crippen LogP contribution in [0.3, 0.4) is 0 Å². The van der Waals surface area contributed by atoms with Gasteiger partial charge in [0.1, 0.15) is 0 Å². The third kappa shape index (κ3) is 2.63. The number of nitrogen functional groups attached to an aromatic ring is 1. The molecule has 0 amide bonds. The second-order valence-electron chi connectivity index (χ2n) is 5.34. The highest BCUT2D eigenvalue weighted by Crippen LogP contribution is 2.24. The molecule has 2 heterocycles. The van der Waals surface area contributed by atoms with Crippen LogP contribution >= 0.6 is 0 Å². The molecule has 1 aliphatic rings. The lowest BCUT2D eigenvalue weighted by Crippen LogP contribution is -2.31. The molecule has 2 N–H and O–H groups in total. The number of likely N-dealkylation sites (tertiary alicyclic amines) is 1. The lowest BCUT2D eigenvalue weighted by molar-refractivity contribution is 0.212. The van der Waals surface area contributed by atoms with Crippen LogP contribution in [0, 0.1) is 0 Å². The number of piperidine rings is 1. The van der Waals surface area contributed by atoms with E-state index in [-0.39, 0.29) is 0 Å². The number of rotatable bonds is 2. The Kier molecular flexibility index (Phi) is 3.25. The first-order valence-corrected chi connectivity index (χ1v) is 6.82. The molecule has 0 radical (unpaired) electrons.